The van der Waals surface area contributed by atoms with Crippen molar-refractivity contribution in [1.82, 2.24) is 9.55 Å². The van der Waals surface area contributed by atoms with E-state index in [0.29, 0.717) is 22.6 Å². The van der Waals surface area contributed by atoms with Crippen molar-refractivity contribution in [2.24, 2.45) is 16.7 Å². The smallest absolute Gasteiger partial charge is 0.124 e. The third-order valence-corrected chi connectivity index (χ3v) is 6.03. The van der Waals surface area contributed by atoms with Crippen LogP contribution in [0, 0.1) is 23.7 Å². The Labute approximate surface area is 126 Å². The van der Waals surface area contributed by atoms with Gasteiger partial charge in [0.1, 0.15) is 5.82 Å². The van der Waals surface area contributed by atoms with Crippen LogP contribution in [0.3, 0.4) is 0 Å². The van der Waals surface area contributed by atoms with Crippen molar-refractivity contribution < 1.29 is 0 Å². The van der Waals surface area contributed by atoms with Crippen molar-refractivity contribution in [2.45, 2.75) is 47.0 Å². The van der Waals surface area contributed by atoms with Crippen LogP contribution in [0.15, 0.2) is 18.2 Å². The zero-order valence-corrected chi connectivity index (χ0v) is 13.8. The molecule has 0 N–H and O–H groups in total. The van der Waals surface area contributed by atoms with Gasteiger partial charge < -0.3 is 4.57 Å². The molecule has 3 heteroatoms. The maximum atomic E-state index is 6.11. The number of fused-ring (bicyclic) bond motifs is 1. The lowest BCUT2D eigenvalue weighted by Gasteiger charge is -2.09. The Morgan fingerprint density at radius 3 is 2.40 bits per heavy atom. The molecule has 0 saturated heterocycles. The highest BCUT2D eigenvalue weighted by Gasteiger charge is 2.64. The molecule has 3 rings (SSSR count). The van der Waals surface area contributed by atoms with Gasteiger partial charge in [-0.3, -0.25) is 0 Å². The number of hydrogen-bond donors (Lipinski definition) is 0. The summed E-state index contributed by atoms with van der Waals surface area (Å²) in [4.78, 5) is 4.70. The molecule has 1 aromatic carbocycles. The molecule has 20 heavy (non-hydrogen) atoms. The van der Waals surface area contributed by atoms with Crippen molar-refractivity contribution in [3.8, 4) is 0 Å². The van der Waals surface area contributed by atoms with Crippen LogP contribution in [0.25, 0.3) is 11.0 Å². The van der Waals surface area contributed by atoms with Gasteiger partial charge >= 0.3 is 0 Å². The molecule has 0 aliphatic heterocycles. The van der Waals surface area contributed by atoms with Gasteiger partial charge in [0.25, 0.3) is 0 Å². The van der Waals surface area contributed by atoms with Gasteiger partial charge in [0.15, 0.2) is 0 Å². The fourth-order valence-electron chi connectivity index (χ4n) is 3.57. The minimum atomic E-state index is 0.387. The lowest BCUT2D eigenvalue weighted by molar-refractivity contribution is 0.457. The van der Waals surface area contributed by atoms with Crippen molar-refractivity contribution in [3.63, 3.8) is 0 Å². The van der Waals surface area contributed by atoms with E-state index in [1.807, 2.05) is 0 Å². The Morgan fingerprint density at radius 2 is 1.85 bits per heavy atom. The van der Waals surface area contributed by atoms with Crippen LogP contribution in [0.1, 0.15) is 39.1 Å². The Hall–Kier alpha value is -1.02. The predicted molar refractivity (Wildman–Crippen MR) is 85.1 cm³/mol. The molecule has 1 fully saturated rings. The van der Waals surface area contributed by atoms with E-state index in [-0.39, 0.29) is 0 Å². The molecule has 1 heterocycles. The highest BCUT2D eigenvalue weighted by molar-refractivity contribution is 6.16. The number of imidazole rings is 1. The van der Waals surface area contributed by atoms with Gasteiger partial charge in [-0.15, -0.1) is 11.6 Å². The Kier molecular flexibility index (Phi) is 2.95. The molecule has 0 atom stereocenters. The van der Waals surface area contributed by atoms with Crippen LogP contribution in [0.5, 0.6) is 0 Å². The van der Waals surface area contributed by atoms with Gasteiger partial charge in [-0.2, -0.15) is 0 Å². The molecule has 1 aliphatic rings. The van der Waals surface area contributed by atoms with E-state index in [1.54, 1.807) is 0 Å². The zero-order chi connectivity index (χ0) is 14.7. The molecule has 0 spiro atoms. The van der Waals surface area contributed by atoms with E-state index in [4.69, 9.17) is 16.6 Å². The van der Waals surface area contributed by atoms with Gasteiger partial charge in [0.2, 0.25) is 0 Å². The maximum absolute atomic E-state index is 6.11. The molecule has 1 aromatic heterocycles. The standard InChI is InChI=1S/C17H23ClN2/c1-11-6-7-13-12(8-11)19-15(9-18)20(13)10-14-16(2,3)17(14,4)5/h6-8,14H,9-10H2,1-5H3. The first kappa shape index (κ1) is 13.9. The normalized spacial score (nSPS) is 20.5. The minimum Gasteiger partial charge on any atom is -0.327 e. The van der Waals surface area contributed by atoms with Gasteiger partial charge in [0, 0.05) is 6.54 Å². The largest absolute Gasteiger partial charge is 0.327 e. The summed E-state index contributed by atoms with van der Waals surface area (Å²) in [6, 6.07) is 6.48. The van der Waals surface area contributed by atoms with Gasteiger partial charge in [-0.05, 0) is 41.4 Å². The highest BCUT2D eigenvalue weighted by atomic mass is 35.5. The number of halogens is 1. The quantitative estimate of drug-likeness (QED) is 0.745. The summed E-state index contributed by atoms with van der Waals surface area (Å²) in [5.74, 6) is 2.14. The maximum Gasteiger partial charge on any atom is 0.124 e. The van der Waals surface area contributed by atoms with Gasteiger partial charge in [0.05, 0.1) is 16.9 Å². The van der Waals surface area contributed by atoms with Crippen LogP contribution < -0.4 is 0 Å². The molecule has 0 radical (unpaired) electrons. The third-order valence-electron chi connectivity index (χ3n) is 5.79. The van der Waals surface area contributed by atoms with Crippen LogP contribution in [-0.2, 0) is 12.4 Å². The number of hydrogen-bond acceptors (Lipinski definition) is 1. The molecule has 1 aliphatic carbocycles. The second kappa shape index (κ2) is 4.24. The van der Waals surface area contributed by atoms with E-state index in [0.717, 1.165) is 17.9 Å². The monoisotopic (exact) mass is 290 g/mol. The number of benzene rings is 1. The van der Waals surface area contributed by atoms with Crippen molar-refractivity contribution in [3.05, 3.63) is 29.6 Å². The summed E-state index contributed by atoms with van der Waals surface area (Å²) < 4.78 is 2.32. The van der Waals surface area contributed by atoms with Gasteiger partial charge in [-0.25, -0.2) is 4.98 Å². The summed E-state index contributed by atoms with van der Waals surface area (Å²) in [5.41, 5.74) is 4.30. The molecule has 0 bridgehead atoms. The Morgan fingerprint density at radius 1 is 1.20 bits per heavy atom. The van der Waals surface area contributed by atoms with Crippen molar-refractivity contribution in [2.75, 3.05) is 0 Å². The summed E-state index contributed by atoms with van der Waals surface area (Å²) in [7, 11) is 0. The van der Waals surface area contributed by atoms with Crippen molar-refractivity contribution in [1.29, 1.82) is 0 Å². The topological polar surface area (TPSA) is 17.8 Å². The van der Waals surface area contributed by atoms with Crippen LogP contribution in [0.4, 0.5) is 0 Å². The third kappa shape index (κ3) is 1.81. The summed E-state index contributed by atoms with van der Waals surface area (Å²) in [5, 5.41) is 0. The van der Waals surface area contributed by atoms with E-state index >= 15 is 0 Å². The van der Waals surface area contributed by atoms with Crippen molar-refractivity contribution >= 4 is 22.6 Å². The lowest BCUT2D eigenvalue weighted by atomic mass is 10.0. The summed E-state index contributed by atoms with van der Waals surface area (Å²) >= 11 is 6.11. The number of aromatic nitrogens is 2. The Bertz CT molecular complexity index is 653. The van der Waals surface area contributed by atoms with Crippen LogP contribution in [-0.4, -0.2) is 9.55 Å². The van der Waals surface area contributed by atoms with E-state index in [1.165, 1.54) is 11.1 Å². The fourth-order valence-corrected chi connectivity index (χ4v) is 3.77. The lowest BCUT2D eigenvalue weighted by Crippen LogP contribution is -2.07. The Balaban J connectivity index is 2.03. The zero-order valence-electron chi connectivity index (χ0n) is 13.0. The fraction of sp³-hybridized carbons (Fsp3) is 0.588. The number of alkyl halides is 1. The molecule has 2 aromatic rings. The SMILES string of the molecule is Cc1ccc2c(c1)nc(CCl)n2CC1C(C)(C)C1(C)C. The molecule has 108 valence electrons. The summed E-state index contributed by atoms with van der Waals surface area (Å²) in [6.45, 7) is 12.6. The van der Waals surface area contributed by atoms with E-state index in [9.17, 15) is 0 Å². The molecular weight excluding hydrogens is 268 g/mol. The number of rotatable bonds is 3. The first-order valence-corrected chi connectivity index (χ1v) is 7.84. The predicted octanol–water partition coefficient (Wildman–Crippen LogP) is 4.77. The molecule has 0 amide bonds. The molecule has 0 unspecified atom stereocenters. The molecule has 1 saturated carbocycles. The highest BCUT2D eigenvalue weighted by Crippen LogP contribution is 2.69. The van der Waals surface area contributed by atoms with Crippen LogP contribution >= 0.6 is 11.6 Å². The molecule has 2 nitrogen and oxygen atoms in total. The molecular formula is C17H23ClN2. The second-order valence-electron chi connectivity index (χ2n) is 7.26. The average molecular weight is 291 g/mol. The first-order valence-electron chi connectivity index (χ1n) is 7.31. The number of nitrogens with zero attached hydrogens (tertiary/aromatic N) is 2. The van der Waals surface area contributed by atoms with E-state index < -0.39 is 0 Å². The second-order valence-corrected chi connectivity index (χ2v) is 7.53. The average Bonchev–Trinajstić information content (AvgIpc) is 2.69. The van der Waals surface area contributed by atoms with Gasteiger partial charge in [-0.1, -0.05) is 33.8 Å². The first-order chi connectivity index (χ1) is 9.29. The minimum absolute atomic E-state index is 0.387. The number of aryl methyl sites for hydroxylation is 1. The summed E-state index contributed by atoms with van der Waals surface area (Å²) in [6.07, 6.45) is 0. The van der Waals surface area contributed by atoms with Crippen LogP contribution in [0.2, 0.25) is 0 Å². The van der Waals surface area contributed by atoms with E-state index in [2.05, 4.69) is 57.4 Å².